The van der Waals surface area contributed by atoms with E-state index in [0.29, 0.717) is 0 Å². The van der Waals surface area contributed by atoms with Gasteiger partial charge in [-0.15, -0.1) is 0 Å². The van der Waals surface area contributed by atoms with Crippen molar-refractivity contribution in [3.8, 4) is 5.75 Å². The zero-order valence-electron chi connectivity index (χ0n) is 16.8. The molecule has 1 amide bonds. The van der Waals surface area contributed by atoms with Gasteiger partial charge in [-0.1, -0.05) is 0 Å². The summed E-state index contributed by atoms with van der Waals surface area (Å²) in [5.41, 5.74) is -1.18. The molecule has 2 heterocycles. The van der Waals surface area contributed by atoms with Gasteiger partial charge in [-0.2, -0.15) is 13.2 Å². The Hall–Kier alpha value is -3.31. The summed E-state index contributed by atoms with van der Waals surface area (Å²) in [6, 6.07) is -0.00705. The van der Waals surface area contributed by atoms with Crippen molar-refractivity contribution in [2.24, 2.45) is 0 Å². The van der Waals surface area contributed by atoms with Gasteiger partial charge in [0.05, 0.1) is 18.0 Å². The van der Waals surface area contributed by atoms with Crippen LogP contribution >= 0.6 is 0 Å². The number of aromatic carboxylic acids is 1. The summed E-state index contributed by atoms with van der Waals surface area (Å²) < 4.78 is 59.9. The van der Waals surface area contributed by atoms with Gasteiger partial charge in [-0.05, 0) is 25.3 Å². The van der Waals surface area contributed by atoms with Crippen molar-refractivity contribution < 1.29 is 37.0 Å². The topological polar surface area (TPSA) is 101 Å². The summed E-state index contributed by atoms with van der Waals surface area (Å²) in [6.07, 6.45) is -2.19. The smallest absolute Gasteiger partial charge is 0.471 e. The van der Waals surface area contributed by atoms with Gasteiger partial charge in [0.2, 0.25) is 5.43 Å². The molecule has 0 spiro atoms. The Morgan fingerprint density at radius 2 is 1.94 bits per heavy atom. The van der Waals surface area contributed by atoms with E-state index < -0.39 is 40.9 Å². The lowest BCUT2D eigenvalue weighted by Crippen LogP contribution is -2.44. The molecule has 2 N–H and O–H groups in total. The molecule has 1 saturated heterocycles. The normalized spacial score (nSPS) is 18.8. The molecule has 1 saturated carbocycles. The van der Waals surface area contributed by atoms with Crippen LogP contribution in [0.5, 0.6) is 5.75 Å². The summed E-state index contributed by atoms with van der Waals surface area (Å²) in [4.78, 5) is 36.9. The standard InChI is InChI=1S/C20H19F4N3O5/c1-32-17-14-11(16(28)12(18(29)30)8-27(14)10-2-3-10)6-13(21)15(17)26-5-4-9(7-26)25-19(31)20(22,23)24/h6,8-10H,2-5,7H2,1H3,(H,25,31)(H,29,30)/t9-/m0/s1. The molecule has 2 aliphatic rings. The predicted molar refractivity (Wildman–Crippen MR) is 105 cm³/mol. The number of anilines is 1. The number of amides is 1. The second-order valence-corrected chi connectivity index (χ2v) is 7.85. The molecule has 12 heteroatoms. The van der Waals surface area contributed by atoms with Crippen LogP contribution in [0.2, 0.25) is 0 Å². The minimum Gasteiger partial charge on any atom is -0.492 e. The molecule has 2 fully saturated rings. The molecular formula is C20H19F4N3O5. The predicted octanol–water partition coefficient (Wildman–Crippen LogP) is 2.44. The zero-order valence-corrected chi connectivity index (χ0v) is 16.8. The van der Waals surface area contributed by atoms with E-state index in [1.54, 1.807) is 4.57 Å². The van der Waals surface area contributed by atoms with E-state index in [-0.39, 0.29) is 47.9 Å². The lowest BCUT2D eigenvalue weighted by atomic mass is 10.1. The number of carbonyl (C=O) groups excluding carboxylic acids is 1. The second-order valence-electron chi connectivity index (χ2n) is 7.85. The number of halogens is 4. The van der Waals surface area contributed by atoms with Crippen LogP contribution < -0.4 is 20.4 Å². The molecule has 1 aromatic heterocycles. The fraction of sp³-hybridized carbons (Fsp3) is 0.450. The van der Waals surface area contributed by atoms with E-state index >= 15 is 4.39 Å². The Bertz CT molecular complexity index is 1170. The average molecular weight is 457 g/mol. The number of fused-ring (bicyclic) bond motifs is 1. The van der Waals surface area contributed by atoms with Gasteiger partial charge < -0.3 is 24.6 Å². The number of nitrogens with zero attached hydrogens (tertiary/aromatic N) is 2. The molecular weight excluding hydrogens is 438 g/mol. The average Bonchev–Trinajstić information content (AvgIpc) is 3.45. The van der Waals surface area contributed by atoms with Crippen molar-refractivity contribution in [1.29, 1.82) is 0 Å². The van der Waals surface area contributed by atoms with Gasteiger partial charge in [0.1, 0.15) is 11.3 Å². The van der Waals surface area contributed by atoms with Crippen molar-refractivity contribution in [2.45, 2.75) is 37.5 Å². The van der Waals surface area contributed by atoms with E-state index in [1.807, 2.05) is 5.32 Å². The lowest BCUT2D eigenvalue weighted by Gasteiger charge is -2.25. The second kappa shape index (κ2) is 7.68. The number of nitrogens with one attached hydrogen (secondary N) is 1. The number of pyridine rings is 1. The molecule has 0 bridgehead atoms. The Balaban J connectivity index is 1.80. The molecule has 1 aliphatic carbocycles. The Labute approximate surface area is 178 Å². The minimum absolute atomic E-state index is 0.0104. The fourth-order valence-electron chi connectivity index (χ4n) is 4.07. The van der Waals surface area contributed by atoms with Gasteiger partial charge >= 0.3 is 18.1 Å². The van der Waals surface area contributed by atoms with Crippen LogP contribution in [0.3, 0.4) is 0 Å². The van der Waals surface area contributed by atoms with Crippen LogP contribution in [0, 0.1) is 5.82 Å². The first-order valence-electron chi connectivity index (χ1n) is 9.84. The van der Waals surface area contributed by atoms with Crippen molar-refractivity contribution in [3.63, 3.8) is 0 Å². The molecule has 0 radical (unpaired) electrons. The molecule has 1 aromatic carbocycles. The summed E-state index contributed by atoms with van der Waals surface area (Å²) in [7, 11) is 1.27. The highest BCUT2D eigenvalue weighted by molar-refractivity contribution is 5.97. The van der Waals surface area contributed by atoms with Crippen molar-refractivity contribution in [2.75, 3.05) is 25.1 Å². The number of rotatable bonds is 5. The summed E-state index contributed by atoms with van der Waals surface area (Å²) in [5.74, 6) is -4.39. The number of hydrogen-bond donors (Lipinski definition) is 2. The van der Waals surface area contributed by atoms with Gasteiger partial charge in [0.25, 0.3) is 0 Å². The van der Waals surface area contributed by atoms with Crippen LogP contribution in [-0.4, -0.2) is 54.0 Å². The van der Waals surface area contributed by atoms with E-state index in [0.717, 1.165) is 18.9 Å². The number of methoxy groups -OCH3 is 1. The lowest BCUT2D eigenvalue weighted by molar-refractivity contribution is -0.174. The molecule has 1 atom stereocenters. The third kappa shape index (κ3) is 3.73. The molecule has 8 nitrogen and oxygen atoms in total. The minimum atomic E-state index is -5.03. The number of carboxylic acid groups (broad SMARTS) is 1. The maximum atomic E-state index is 15.2. The van der Waals surface area contributed by atoms with E-state index in [2.05, 4.69) is 0 Å². The highest BCUT2D eigenvalue weighted by atomic mass is 19.4. The SMILES string of the molecule is COc1c(N2CC[C@H](NC(=O)C(F)(F)F)C2)c(F)cc2c(=O)c(C(=O)O)cn(C3CC3)c12. The monoisotopic (exact) mass is 457 g/mol. The van der Waals surface area contributed by atoms with Gasteiger partial charge in [-0.25, -0.2) is 9.18 Å². The molecule has 32 heavy (non-hydrogen) atoms. The third-order valence-corrected chi connectivity index (χ3v) is 5.67. The highest BCUT2D eigenvalue weighted by Gasteiger charge is 2.41. The van der Waals surface area contributed by atoms with Crippen LogP contribution in [0.15, 0.2) is 17.1 Å². The quantitative estimate of drug-likeness (QED) is 0.669. The first-order valence-corrected chi connectivity index (χ1v) is 9.84. The van der Waals surface area contributed by atoms with Crippen LogP contribution in [0.1, 0.15) is 35.7 Å². The fourth-order valence-corrected chi connectivity index (χ4v) is 4.07. The molecule has 1 aliphatic heterocycles. The number of ether oxygens (including phenoxy) is 1. The molecule has 172 valence electrons. The Kier molecular flexibility index (Phi) is 5.25. The maximum Gasteiger partial charge on any atom is 0.471 e. The van der Waals surface area contributed by atoms with Crippen molar-refractivity contribution in [3.05, 3.63) is 33.9 Å². The maximum absolute atomic E-state index is 15.2. The van der Waals surface area contributed by atoms with Crippen molar-refractivity contribution >= 4 is 28.5 Å². The number of benzene rings is 1. The summed E-state index contributed by atoms with van der Waals surface area (Å²) >= 11 is 0. The zero-order chi connectivity index (χ0) is 23.4. The van der Waals surface area contributed by atoms with Crippen molar-refractivity contribution in [1.82, 2.24) is 9.88 Å². The Morgan fingerprint density at radius 3 is 2.50 bits per heavy atom. The van der Waals surface area contributed by atoms with Crippen LogP contribution in [0.4, 0.5) is 23.2 Å². The number of aromatic nitrogens is 1. The number of carboxylic acids is 1. The summed E-state index contributed by atoms with van der Waals surface area (Å²) in [5, 5.41) is 11.1. The highest BCUT2D eigenvalue weighted by Crippen LogP contribution is 2.44. The van der Waals surface area contributed by atoms with Gasteiger partial charge in [-0.3, -0.25) is 9.59 Å². The molecule has 0 unspecified atom stereocenters. The van der Waals surface area contributed by atoms with E-state index in [1.165, 1.54) is 18.2 Å². The summed E-state index contributed by atoms with van der Waals surface area (Å²) in [6.45, 7) is 0.0456. The van der Waals surface area contributed by atoms with Crippen LogP contribution in [0.25, 0.3) is 10.9 Å². The molecule has 2 aromatic rings. The number of carbonyl (C=O) groups is 2. The third-order valence-electron chi connectivity index (χ3n) is 5.67. The van der Waals surface area contributed by atoms with Gasteiger partial charge in [0.15, 0.2) is 11.6 Å². The Morgan fingerprint density at radius 1 is 1.25 bits per heavy atom. The first kappa shape index (κ1) is 21.9. The van der Waals surface area contributed by atoms with E-state index in [4.69, 9.17) is 4.74 Å². The largest absolute Gasteiger partial charge is 0.492 e. The van der Waals surface area contributed by atoms with Gasteiger partial charge in [0, 0.05) is 31.4 Å². The van der Waals surface area contributed by atoms with Crippen LogP contribution in [-0.2, 0) is 4.79 Å². The first-order chi connectivity index (χ1) is 15.0. The molecule has 4 rings (SSSR count). The number of alkyl halides is 3. The number of hydrogen-bond acceptors (Lipinski definition) is 5. The van der Waals surface area contributed by atoms with E-state index in [9.17, 15) is 32.7 Å².